The summed E-state index contributed by atoms with van der Waals surface area (Å²) in [4.78, 5) is 26.8. The minimum atomic E-state index is -0.530. The van der Waals surface area contributed by atoms with E-state index in [0.29, 0.717) is 32.6 Å². The first-order valence-corrected chi connectivity index (χ1v) is 12.0. The molecule has 2 aromatic carbocycles. The molecule has 188 valence electrons. The molecule has 4 rings (SSSR count). The number of nitro groups is 1. The Hall–Kier alpha value is -4.14. The van der Waals surface area contributed by atoms with E-state index in [2.05, 4.69) is 29.3 Å². The zero-order valence-corrected chi connectivity index (χ0v) is 20.1. The molecule has 0 spiro atoms. The third-order valence-electron chi connectivity index (χ3n) is 6.19. The fourth-order valence-electron chi connectivity index (χ4n) is 4.48. The van der Waals surface area contributed by atoms with Crippen molar-refractivity contribution in [3.8, 4) is 5.75 Å². The smallest absolute Gasteiger partial charge is 0.306 e. The Morgan fingerprint density at radius 3 is 2.81 bits per heavy atom. The Balaban J connectivity index is 1.41. The molecule has 1 aromatic heterocycles. The van der Waals surface area contributed by atoms with Crippen LogP contribution in [0.3, 0.4) is 0 Å². The minimum Gasteiger partial charge on any atom is -0.494 e. The van der Waals surface area contributed by atoms with E-state index in [1.54, 1.807) is 0 Å². The van der Waals surface area contributed by atoms with E-state index in [9.17, 15) is 20.1 Å². The summed E-state index contributed by atoms with van der Waals surface area (Å²) in [6.07, 6.45) is 3.64. The van der Waals surface area contributed by atoms with Crippen LogP contribution >= 0.6 is 0 Å². The Morgan fingerprint density at radius 1 is 1.17 bits per heavy atom. The first-order chi connectivity index (χ1) is 17.4. The monoisotopic (exact) mass is 491 g/mol. The van der Waals surface area contributed by atoms with Gasteiger partial charge in [0.25, 0.3) is 5.69 Å². The molecule has 0 aliphatic heterocycles. The van der Waals surface area contributed by atoms with E-state index in [1.807, 2.05) is 25.1 Å². The molecule has 1 unspecified atom stereocenters. The van der Waals surface area contributed by atoms with Gasteiger partial charge in [-0.2, -0.15) is 4.73 Å². The van der Waals surface area contributed by atoms with Crippen LogP contribution in [0.1, 0.15) is 47.9 Å². The predicted molar refractivity (Wildman–Crippen MR) is 132 cm³/mol. The molecular formula is C27H29N3O6. The van der Waals surface area contributed by atoms with Crippen LogP contribution in [0.4, 0.5) is 5.69 Å². The van der Waals surface area contributed by atoms with Crippen LogP contribution in [0.5, 0.6) is 5.75 Å². The third kappa shape index (κ3) is 6.10. The fraction of sp³-hybridized carbons (Fsp3) is 0.333. The molecule has 0 radical (unpaired) electrons. The summed E-state index contributed by atoms with van der Waals surface area (Å²) >= 11 is 0. The molecule has 9 nitrogen and oxygen atoms in total. The average molecular weight is 492 g/mol. The normalized spacial score (nSPS) is 14.9. The first-order valence-electron chi connectivity index (χ1n) is 12.0. The molecule has 3 aromatic rings. The zero-order valence-electron chi connectivity index (χ0n) is 20.1. The lowest BCUT2D eigenvalue weighted by molar-refractivity contribution is -0.385. The van der Waals surface area contributed by atoms with Crippen molar-refractivity contribution in [2.45, 2.75) is 38.5 Å². The molecular weight excluding hydrogens is 462 g/mol. The van der Waals surface area contributed by atoms with Gasteiger partial charge in [-0.25, -0.2) is 0 Å². The highest BCUT2D eigenvalue weighted by Gasteiger charge is 2.25. The predicted octanol–water partition coefficient (Wildman–Crippen LogP) is 4.19. The second-order valence-electron chi connectivity index (χ2n) is 8.64. The first kappa shape index (κ1) is 25.0. The molecule has 1 aliphatic rings. The number of ether oxygens (including phenoxy) is 2. The number of hydrogen-bond donors (Lipinski definition) is 1. The van der Waals surface area contributed by atoms with Gasteiger partial charge < -0.3 is 14.7 Å². The Labute approximate surface area is 208 Å². The summed E-state index contributed by atoms with van der Waals surface area (Å²) < 4.78 is 11.9. The molecule has 0 saturated heterocycles. The lowest BCUT2D eigenvalue weighted by Gasteiger charge is -2.17. The van der Waals surface area contributed by atoms with Crippen molar-refractivity contribution in [3.05, 3.63) is 98.6 Å². The number of pyridine rings is 1. The van der Waals surface area contributed by atoms with Crippen molar-refractivity contribution in [3.63, 3.8) is 0 Å². The number of carbonyl (C=O) groups is 1. The topological polar surface area (TPSA) is 116 Å². The lowest BCUT2D eigenvalue weighted by Crippen LogP contribution is -2.19. The van der Waals surface area contributed by atoms with E-state index in [4.69, 9.17) is 9.47 Å². The molecule has 0 fully saturated rings. The number of fused-ring (bicyclic) bond motifs is 2. The number of rotatable bonds is 9. The van der Waals surface area contributed by atoms with Gasteiger partial charge in [0.2, 0.25) is 0 Å². The van der Waals surface area contributed by atoms with Gasteiger partial charge in [0.1, 0.15) is 5.75 Å². The van der Waals surface area contributed by atoms with Gasteiger partial charge in [-0.3, -0.25) is 19.9 Å². The van der Waals surface area contributed by atoms with Gasteiger partial charge in [-0.05, 0) is 60.1 Å². The highest BCUT2D eigenvalue weighted by molar-refractivity contribution is 5.71. The van der Waals surface area contributed by atoms with Crippen LogP contribution in [-0.4, -0.2) is 40.6 Å². The molecule has 0 bridgehead atoms. The molecule has 1 heterocycles. The highest BCUT2D eigenvalue weighted by Crippen LogP contribution is 2.35. The number of aromatic nitrogens is 1. The van der Waals surface area contributed by atoms with Crippen LogP contribution in [-0.2, 0) is 22.4 Å². The summed E-state index contributed by atoms with van der Waals surface area (Å²) in [6.45, 7) is 2.95. The zero-order chi connectivity index (χ0) is 25.5. The molecule has 1 aliphatic carbocycles. The number of nitrogens with zero attached hydrogens (tertiary/aromatic N) is 3. The average Bonchev–Trinajstić information content (AvgIpc) is 3.01. The van der Waals surface area contributed by atoms with E-state index < -0.39 is 4.92 Å². The van der Waals surface area contributed by atoms with Gasteiger partial charge in [0.15, 0.2) is 5.49 Å². The van der Waals surface area contributed by atoms with Crippen LogP contribution in [0.15, 0.2) is 65.8 Å². The van der Waals surface area contributed by atoms with Crippen molar-refractivity contribution in [2.24, 2.45) is 4.99 Å². The van der Waals surface area contributed by atoms with Gasteiger partial charge in [-0.1, -0.05) is 30.3 Å². The van der Waals surface area contributed by atoms with Crippen molar-refractivity contribution < 1.29 is 24.4 Å². The van der Waals surface area contributed by atoms with Crippen LogP contribution in [0.25, 0.3) is 0 Å². The van der Waals surface area contributed by atoms with Crippen LogP contribution in [0.2, 0.25) is 0 Å². The lowest BCUT2D eigenvalue weighted by atomic mass is 9.89. The number of carbonyl (C=O) groups excluding carboxylic acids is 1. The van der Waals surface area contributed by atoms with Gasteiger partial charge in [0.05, 0.1) is 36.8 Å². The second-order valence-corrected chi connectivity index (χ2v) is 8.64. The quantitative estimate of drug-likeness (QED) is 0.158. The van der Waals surface area contributed by atoms with Crippen molar-refractivity contribution in [2.75, 3.05) is 19.8 Å². The van der Waals surface area contributed by atoms with E-state index >= 15 is 0 Å². The summed E-state index contributed by atoms with van der Waals surface area (Å²) in [5.74, 6) is 0.642. The maximum atomic E-state index is 12.2. The van der Waals surface area contributed by atoms with E-state index in [1.165, 1.54) is 40.6 Å². The van der Waals surface area contributed by atoms with Crippen molar-refractivity contribution in [1.82, 2.24) is 4.73 Å². The third-order valence-corrected chi connectivity index (χ3v) is 6.19. The van der Waals surface area contributed by atoms with E-state index in [-0.39, 0.29) is 23.1 Å². The SMILES string of the molecule is CCOC(=O)CC1Cc2ccc(OCCCN=c3cc([N+](=O)[O-])ccn3O)cc2Cc2ccccc21. The minimum absolute atomic E-state index is 0.0676. The Kier molecular flexibility index (Phi) is 7.99. The fourth-order valence-corrected chi connectivity index (χ4v) is 4.48. The van der Waals surface area contributed by atoms with Crippen molar-refractivity contribution >= 4 is 11.7 Å². The molecule has 36 heavy (non-hydrogen) atoms. The van der Waals surface area contributed by atoms with Gasteiger partial charge in [0, 0.05) is 19.0 Å². The van der Waals surface area contributed by atoms with Crippen LogP contribution < -0.4 is 10.2 Å². The largest absolute Gasteiger partial charge is 0.494 e. The maximum absolute atomic E-state index is 12.2. The summed E-state index contributed by atoms with van der Waals surface area (Å²) in [5.41, 5.74) is 4.75. The highest BCUT2D eigenvalue weighted by atomic mass is 16.6. The number of hydrogen-bond acceptors (Lipinski definition) is 7. The number of benzene rings is 2. The molecule has 0 saturated carbocycles. The standard InChI is InChI=1S/C27H29N3O6/c1-2-35-27(31)17-22-14-19-8-9-24(16-21(19)15-20-6-3-4-7-25(20)22)36-13-5-11-28-26-18-23(30(33)34)10-12-29(26)32/h3-4,6-10,12,16,18,22,32H,2,5,11,13-15,17H2,1H3. The number of esters is 1. The van der Waals surface area contributed by atoms with Gasteiger partial charge in [-0.15, -0.1) is 0 Å². The van der Waals surface area contributed by atoms with E-state index in [0.717, 1.165) is 23.3 Å². The van der Waals surface area contributed by atoms with Gasteiger partial charge >= 0.3 is 5.97 Å². The van der Waals surface area contributed by atoms with Crippen molar-refractivity contribution in [1.29, 1.82) is 0 Å². The van der Waals surface area contributed by atoms with Crippen LogP contribution in [0, 0.1) is 10.1 Å². The molecule has 9 heteroatoms. The summed E-state index contributed by atoms with van der Waals surface area (Å²) in [5, 5.41) is 20.7. The summed E-state index contributed by atoms with van der Waals surface area (Å²) in [6, 6.07) is 16.7. The molecule has 1 atom stereocenters. The molecule has 1 N–H and O–H groups in total. The Morgan fingerprint density at radius 2 is 2.00 bits per heavy atom. The maximum Gasteiger partial charge on any atom is 0.306 e. The second kappa shape index (κ2) is 11.5. The molecule has 0 amide bonds. The Bertz CT molecular complexity index is 1320. The summed E-state index contributed by atoms with van der Waals surface area (Å²) in [7, 11) is 0.